The van der Waals surface area contributed by atoms with Gasteiger partial charge in [-0.25, -0.2) is 18.7 Å². The van der Waals surface area contributed by atoms with Crippen molar-refractivity contribution in [2.45, 2.75) is 38.7 Å². The second-order valence-corrected chi connectivity index (χ2v) is 7.00. The fraction of sp³-hybridized carbons (Fsp3) is 0.421. The Morgan fingerprint density at radius 1 is 1.28 bits per heavy atom. The molecule has 154 valence electrons. The Balaban J connectivity index is 1.85. The van der Waals surface area contributed by atoms with E-state index in [-0.39, 0.29) is 31.0 Å². The molecule has 10 heteroatoms. The van der Waals surface area contributed by atoms with E-state index in [2.05, 4.69) is 25.6 Å². The molecule has 1 atom stereocenters. The number of aryl methyl sites for hydroxylation is 1. The molecule has 1 fully saturated rings. The van der Waals surface area contributed by atoms with Crippen LogP contribution >= 0.6 is 0 Å². The number of aromatic nitrogens is 3. The van der Waals surface area contributed by atoms with Crippen molar-refractivity contribution in [2.75, 3.05) is 18.4 Å². The third-order valence-corrected chi connectivity index (χ3v) is 4.65. The van der Waals surface area contributed by atoms with Gasteiger partial charge in [-0.15, -0.1) is 0 Å². The maximum atomic E-state index is 14.0. The maximum Gasteiger partial charge on any atom is 0.273 e. The van der Waals surface area contributed by atoms with Gasteiger partial charge in [0.1, 0.15) is 17.3 Å². The fourth-order valence-electron chi connectivity index (χ4n) is 3.15. The largest absolute Gasteiger partial charge is 0.354 e. The Morgan fingerprint density at radius 2 is 2.07 bits per heavy atom. The van der Waals surface area contributed by atoms with E-state index >= 15 is 0 Å². The molecular formula is C19H22F2N6O2. The summed E-state index contributed by atoms with van der Waals surface area (Å²) < 4.78 is 28.1. The summed E-state index contributed by atoms with van der Waals surface area (Å²) in [6, 6.07) is 2.83. The molecule has 2 N–H and O–H groups in total. The number of carbonyl (C=O) groups is 2. The molecule has 2 aromatic rings. The molecule has 1 saturated heterocycles. The van der Waals surface area contributed by atoms with Crippen molar-refractivity contribution < 1.29 is 18.4 Å². The van der Waals surface area contributed by atoms with Gasteiger partial charge in [-0.05, 0) is 25.0 Å². The van der Waals surface area contributed by atoms with Crippen LogP contribution in [-0.2, 0) is 4.79 Å². The van der Waals surface area contributed by atoms with E-state index in [9.17, 15) is 18.4 Å². The van der Waals surface area contributed by atoms with Crippen LogP contribution in [0, 0.1) is 6.92 Å². The fourth-order valence-corrected chi connectivity index (χ4v) is 3.15. The third-order valence-electron chi connectivity index (χ3n) is 4.65. The Kier molecular flexibility index (Phi) is 6.00. The van der Waals surface area contributed by atoms with E-state index in [0.29, 0.717) is 17.2 Å². The van der Waals surface area contributed by atoms with Crippen LogP contribution < -0.4 is 10.6 Å². The van der Waals surface area contributed by atoms with Crippen molar-refractivity contribution in [1.29, 1.82) is 0 Å². The Bertz CT molecular complexity index is 894. The summed E-state index contributed by atoms with van der Waals surface area (Å²) in [6.45, 7) is 2.45. The zero-order valence-corrected chi connectivity index (χ0v) is 16.2. The molecule has 2 amide bonds. The molecular weight excluding hydrogens is 382 g/mol. The number of pyridine rings is 1. The van der Waals surface area contributed by atoms with Crippen LogP contribution in [0.3, 0.4) is 0 Å². The zero-order valence-electron chi connectivity index (χ0n) is 16.2. The molecule has 0 spiro atoms. The van der Waals surface area contributed by atoms with Gasteiger partial charge < -0.3 is 15.5 Å². The molecule has 2 aromatic heterocycles. The molecule has 0 aliphatic carbocycles. The lowest BCUT2D eigenvalue weighted by Crippen LogP contribution is -2.55. The minimum atomic E-state index is -2.98. The lowest BCUT2D eigenvalue weighted by atomic mass is 9.98. The lowest BCUT2D eigenvalue weighted by molar-refractivity contribution is -0.119. The van der Waals surface area contributed by atoms with Crippen LogP contribution in [0.4, 0.5) is 20.4 Å². The first-order valence-electron chi connectivity index (χ1n) is 9.19. The van der Waals surface area contributed by atoms with E-state index in [4.69, 9.17) is 0 Å². The van der Waals surface area contributed by atoms with Crippen LogP contribution in [0.15, 0.2) is 30.7 Å². The highest BCUT2D eigenvalue weighted by Crippen LogP contribution is 2.31. The summed E-state index contributed by atoms with van der Waals surface area (Å²) in [5.41, 5.74) is 0.635. The number of amides is 2. The number of anilines is 2. The van der Waals surface area contributed by atoms with Crippen LogP contribution in [0.5, 0.6) is 0 Å². The van der Waals surface area contributed by atoms with Gasteiger partial charge in [0.25, 0.3) is 11.8 Å². The highest BCUT2D eigenvalue weighted by Gasteiger charge is 2.42. The SMILES string of the molecule is CC(=O)NCC1CCC(F)(F)CN1C(=O)c1nc(Nc2cnccn2)ccc1C. The summed E-state index contributed by atoms with van der Waals surface area (Å²) in [4.78, 5) is 37.8. The number of alkyl halides is 2. The van der Waals surface area contributed by atoms with Gasteiger partial charge in [0.15, 0.2) is 0 Å². The number of hydrogen-bond donors (Lipinski definition) is 2. The van der Waals surface area contributed by atoms with Gasteiger partial charge in [-0.3, -0.25) is 14.6 Å². The monoisotopic (exact) mass is 404 g/mol. The zero-order chi connectivity index (χ0) is 21.0. The van der Waals surface area contributed by atoms with Crippen LogP contribution in [0.25, 0.3) is 0 Å². The smallest absolute Gasteiger partial charge is 0.273 e. The van der Waals surface area contributed by atoms with Crippen molar-refractivity contribution in [3.05, 3.63) is 42.0 Å². The van der Waals surface area contributed by atoms with E-state index in [0.717, 1.165) is 4.90 Å². The van der Waals surface area contributed by atoms with Gasteiger partial charge in [-0.1, -0.05) is 6.07 Å². The predicted octanol–water partition coefficient (Wildman–Crippen LogP) is 2.30. The predicted molar refractivity (Wildman–Crippen MR) is 102 cm³/mol. The van der Waals surface area contributed by atoms with E-state index < -0.39 is 24.4 Å². The number of piperidine rings is 1. The molecule has 29 heavy (non-hydrogen) atoms. The first-order valence-corrected chi connectivity index (χ1v) is 9.19. The highest BCUT2D eigenvalue weighted by molar-refractivity contribution is 5.94. The van der Waals surface area contributed by atoms with Crippen molar-refractivity contribution in [2.24, 2.45) is 0 Å². The summed E-state index contributed by atoms with van der Waals surface area (Å²) in [5, 5.41) is 5.55. The number of nitrogens with one attached hydrogen (secondary N) is 2. The van der Waals surface area contributed by atoms with E-state index in [1.807, 2.05) is 0 Å². The summed E-state index contributed by atoms with van der Waals surface area (Å²) >= 11 is 0. The van der Waals surface area contributed by atoms with Crippen molar-refractivity contribution in [3.8, 4) is 0 Å². The maximum absolute atomic E-state index is 14.0. The minimum Gasteiger partial charge on any atom is -0.354 e. The van der Waals surface area contributed by atoms with Crippen molar-refractivity contribution in [3.63, 3.8) is 0 Å². The van der Waals surface area contributed by atoms with Gasteiger partial charge in [0, 0.05) is 38.3 Å². The minimum absolute atomic E-state index is 0.0735. The molecule has 0 bridgehead atoms. The molecule has 0 radical (unpaired) electrons. The number of nitrogens with zero attached hydrogens (tertiary/aromatic N) is 4. The molecule has 1 unspecified atom stereocenters. The summed E-state index contributed by atoms with van der Waals surface area (Å²) in [7, 11) is 0. The lowest BCUT2D eigenvalue weighted by Gasteiger charge is -2.39. The average molecular weight is 404 g/mol. The number of hydrogen-bond acceptors (Lipinski definition) is 6. The number of carbonyl (C=O) groups excluding carboxylic acids is 2. The molecule has 1 aliphatic rings. The van der Waals surface area contributed by atoms with Gasteiger partial charge in [0.2, 0.25) is 5.91 Å². The number of rotatable bonds is 5. The van der Waals surface area contributed by atoms with Crippen molar-refractivity contribution in [1.82, 2.24) is 25.2 Å². The first kappa shape index (κ1) is 20.6. The molecule has 8 nitrogen and oxygen atoms in total. The second-order valence-electron chi connectivity index (χ2n) is 7.00. The van der Waals surface area contributed by atoms with E-state index in [1.165, 1.54) is 25.5 Å². The highest BCUT2D eigenvalue weighted by atomic mass is 19.3. The second kappa shape index (κ2) is 8.46. The Morgan fingerprint density at radius 3 is 2.76 bits per heavy atom. The van der Waals surface area contributed by atoms with E-state index in [1.54, 1.807) is 19.1 Å². The summed E-state index contributed by atoms with van der Waals surface area (Å²) in [5.74, 6) is -3.07. The molecule has 3 rings (SSSR count). The normalized spacial score (nSPS) is 18.2. The quantitative estimate of drug-likeness (QED) is 0.793. The number of halogens is 2. The Labute approximate surface area is 166 Å². The van der Waals surface area contributed by atoms with Gasteiger partial charge in [-0.2, -0.15) is 0 Å². The van der Waals surface area contributed by atoms with Crippen LogP contribution in [-0.4, -0.2) is 56.7 Å². The van der Waals surface area contributed by atoms with Crippen LogP contribution in [0.2, 0.25) is 0 Å². The molecule has 0 saturated carbocycles. The average Bonchev–Trinajstić information content (AvgIpc) is 2.68. The molecule has 1 aliphatic heterocycles. The summed E-state index contributed by atoms with van der Waals surface area (Å²) in [6.07, 6.45) is 4.29. The Hall–Kier alpha value is -3.17. The molecule has 3 heterocycles. The molecule has 0 aromatic carbocycles. The van der Waals surface area contributed by atoms with Gasteiger partial charge in [0.05, 0.1) is 12.7 Å². The van der Waals surface area contributed by atoms with Crippen LogP contribution in [0.1, 0.15) is 35.8 Å². The standard InChI is InChI=1S/C19H22F2N6O2/c1-12-3-4-15(25-16-10-22-7-8-23-16)26-17(12)18(29)27-11-19(20,21)6-5-14(27)9-24-13(2)28/h3-4,7-8,10,14H,5-6,9,11H2,1-2H3,(H,24,28)(H,23,25,26). The first-order chi connectivity index (χ1) is 13.7. The number of likely N-dealkylation sites (tertiary alicyclic amines) is 1. The van der Waals surface area contributed by atoms with Crippen molar-refractivity contribution >= 4 is 23.5 Å². The van der Waals surface area contributed by atoms with Gasteiger partial charge >= 0.3 is 0 Å². The third kappa shape index (κ3) is 5.21. The topological polar surface area (TPSA) is 100 Å².